The third kappa shape index (κ3) is 4.42. The van der Waals surface area contributed by atoms with Crippen LogP contribution in [-0.2, 0) is 0 Å². The predicted molar refractivity (Wildman–Crippen MR) is 56.6 cm³/mol. The smallest absolute Gasteiger partial charge is 0.316 e. The summed E-state index contributed by atoms with van der Waals surface area (Å²) in [7, 11) is 0. The second-order valence-electron chi connectivity index (χ2n) is 4.34. The van der Waals surface area contributed by atoms with Crippen LogP contribution in [0.4, 0.5) is 0 Å². The Labute approximate surface area is 89.5 Å². The van der Waals surface area contributed by atoms with Crippen molar-refractivity contribution in [3.05, 3.63) is 17.4 Å². The lowest BCUT2D eigenvalue weighted by atomic mass is 9.93. The minimum absolute atomic E-state index is 0.270. The summed E-state index contributed by atoms with van der Waals surface area (Å²) in [5, 5.41) is 0.521. The Morgan fingerprint density at radius 2 is 1.86 bits per heavy atom. The average molecular weight is 215 g/mol. The summed E-state index contributed by atoms with van der Waals surface area (Å²) in [5.41, 5.74) is 0.270. The zero-order chi connectivity index (χ0) is 10.6. The zero-order valence-electron chi connectivity index (χ0n) is 8.75. The van der Waals surface area contributed by atoms with Crippen LogP contribution in [0.15, 0.2) is 12.4 Å². The van der Waals surface area contributed by atoms with Crippen molar-refractivity contribution in [2.45, 2.75) is 27.2 Å². The largest absolute Gasteiger partial charge is 0.463 e. The predicted octanol–water partition coefficient (Wildman–Crippen LogP) is 2.95. The van der Waals surface area contributed by atoms with Crippen molar-refractivity contribution >= 4 is 11.6 Å². The van der Waals surface area contributed by atoms with E-state index in [9.17, 15) is 0 Å². The molecule has 1 aromatic heterocycles. The third-order valence-corrected chi connectivity index (χ3v) is 1.88. The van der Waals surface area contributed by atoms with Gasteiger partial charge in [-0.05, 0) is 11.8 Å². The lowest BCUT2D eigenvalue weighted by Gasteiger charge is -2.17. The van der Waals surface area contributed by atoms with Gasteiger partial charge in [-0.25, -0.2) is 9.97 Å². The van der Waals surface area contributed by atoms with Crippen molar-refractivity contribution in [3.63, 3.8) is 0 Å². The maximum Gasteiger partial charge on any atom is 0.316 e. The molecule has 0 aliphatic heterocycles. The van der Waals surface area contributed by atoms with Crippen LogP contribution in [0, 0.1) is 5.41 Å². The quantitative estimate of drug-likeness (QED) is 0.776. The first-order chi connectivity index (χ1) is 6.47. The summed E-state index contributed by atoms with van der Waals surface area (Å²) in [6.45, 7) is 7.13. The zero-order valence-corrected chi connectivity index (χ0v) is 9.51. The lowest BCUT2D eigenvalue weighted by Crippen LogP contribution is -2.11. The van der Waals surface area contributed by atoms with E-state index in [1.165, 1.54) is 12.4 Å². The highest BCUT2D eigenvalue weighted by molar-refractivity contribution is 6.30. The fourth-order valence-corrected chi connectivity index (χ4v) is 0.921. The minimum Gasteiger partial charge on any atom is -0.463 e. The van der Waals surface area contributed by atoms with Gasteiger partial charge in [0.25, 0.3) is 0 Å². The molecule has 0 N–H and O–H groups in total. The Morgan fingerprint density at radius 1 is 1.29 bits per heavy atom. The second-order valence-corrected chi connectivity index (χ2v) is 4.78. The lowest BCUT2D eigenvalue weighted by molar-refractivity contribution is 0.229. The monoisotopic (exact) mass is 214 g/mol. The minimum atomic E-state index is 0.270. The van der Waals surface area contributed by atoms with Gasteiger partial charge in [-0.15, -0.1) is 0 Å². The van der Waals surface area contributed by atoms with E-state index in [1.54, 1.807) is 0 Å². The Kier molecular flexibility index (Phi) is 3.69. The number of hydrogen-bond acceptors (Lipinski definition) is 3. The Bertz CT molecular complexity index is 279. The molecule has 4 heteroatoms. The van der Waals surface area contributed by atoms with Crippen molar-refractivity contribution in [2.24, 2.45) is 5.41 Å². The fraction of sp³-hybridized carbons (Fsp3) is 0.600. The molecule has 0 saturated carbocycles. The average Bonchev–Trinajstić information content (AvgIpc) is 2.06. The van der Waals surface area contributed by atoms with Crippen LogP contribution in [0.5, 0.6) is 6.01 Å². The van der Waals surface area contributed by atoms with E-state index in [1.807, 2.05) is 0 Å². The SMILES string of the molecule is CC(C)(C)CCOc1ncc(Cl)cn1. The first-order valence-electron chi connectivity index (χ1n) is 4.58. The second kappa shape index (κ2) is 4.60. The molecule has 14 heavy (non-hydrogen) atoms. The molecule has 0 radical (unpaired) electrons. The molecule has 0 aromatic carbocycles. The number of rotatable bonds is 3. The molecule has 1 rings (SSSR count). The maximum atomic E-state index is 5.64. The molecule has 0 fully saturated rings. The maximum absolute atomic E-state index is 5.64. The molecule has 0 spiro atoms. The van der Waals surface area contributed by atoms with Gasteiger partial charge in [0, 0.05) is 0 Å². The number of hydrogen-bond donors (Lipinski definition) is 0. The number of ether oxygens (including phenoxy) is 1. The molecular formula is C10H15ClN2O. The van der Waals surface area contributed by atoms with E-state index in [-0.39, 0.29) is 5.41 Å². The van der Waals surface area contributed by atoms with Crippen LogP contribution in [0.25, 0.3) is 0 Å². The highest BCUT2D eigenvalue weighted by Crippen LogP contribution is 2.18. The van der Waals surface area contributed by atoms with E-state index in [4.69, 9.17) is 16.3 Å². The summed E-state index contributed by atoms with van der Waals surface area (Å²) in [6.07, 6.45) is 4.03. The van der Waals surface area contributed by atoms with Crippen molar-refractivity contribution in [1.82, 2.24) is 9.97 Å². The van der Waals surface area contributed by atoms with Gasteiger partial charge in [-0.1, -0.05) is 32.4 Å². The van der Waals surface area contributed by atoms with Gasteiger partial charge in [-0.2, -0.15) is 0 Å². The molecule has 3 nitrogen and oxygen atoms in total. The van der Waals surface area contributed by atoms with Crippen LogP contribution in [-0.4, -0.2) is 16.6 Å². The van der Waals surface area contributed by atoms with Crippen molar-refractivity contribution in [1.29, 1.82) is 0 Å². The third-order valence-electron chi connectivity index (χ3n) is 1.68. The molecule has 1 aromatic rings. The van der Waals surface area contributed by atoms with Crippen LogP contribution in [0.3, 0.4) is 0 Å². The van der Waals surface area contributed by atoms with Crippen LogP contribution in [0.1, 0.15) is 27.2 Å². The first kappa shape index (κ1) is 11.2. The topological polar surface area (TPSA) is 35.0 Å². The molecule has 0 saturated heterocycles. The van der Waals surface area contributed by atoms with Crippen molar-refractivity contribution < 1.29 is 4.74 Å². The van der Waals surface area contributed by atoms with Gasteiger partial charge in [-0.3, -0.25) is 0 Å². The Hall–Kier alpha value is -0.830. The van der Waals surface area contributed by atoms with E-state index < -0.39 is 0 Å². The number of aromatic nitrogens is 2. The van der Waals surface area contributed by atoms with E-state index in [2.05, 4.69) is 30.7 Å². The summed E-state index contributed by atoms with van der Waals surface area (Å²) in [5.74, 6) is 0. The van der Waals surface area contributed by atoms with Crippen molar-refractivity contribution in [2.75, 3.05) is 6.61 Å². The highest BCUT2D eigenvalue weighted by atomic mass is 35.5. The number of nitrogens with zero attached hydrogens (tertiary/aromatic N) is 2. The molecule has 1 heterocycles. The van der Waals surface area contributed by atoms with Crippen LogP contribution in [0.2, 0.25) is 5.02 Å². The summed E-state index contributed by atoms with van der Waals surface area (Å²) < 4.78 is 5.36. The summed E-state index contributed by atoms with van der Waals surface area (Å²) >= 11 is 5.64. The molecule has 0 amide bonds. The van der Waals surface area contributed by atoms with Gasteiger partial charge in [0.15, 0.2) is 0 Å². The standard InChI is InChI=1S/C10H15ClN2O/c1-10(2,3)4-5-14-9-12-6-8(11)7-13-9/h6-7H,4-5H2,1-3H3. The van der Waals surface area contributed by atoms with Gasteiger partial charge < -0.3 is 4.74 Å². The Balaban J connectivity index is 2.35. The van der Waals surface area contributed by atoms with E-state index in [0.29, 0.717) is 17.6 Å². The highest BCUT2D eigenvalue weighted by Gasteiger charge is 2.10. The van der Waals surface area contributed by atoms with Gasteiger partial charge in [0.2, 0.25) is 0 Å². The van der Waals surface area contributed by atoms with Gasteiger partial charge in [0.1, 0.15) is 0 Å². The summed E-state index contributed by atoms with van der Waals surface area (Å²) in [4.78, 5) is 7.87. The fourth-order valence-electron chi connectivity index (χ4n) is 0.823. The van der Waals surface area contributed by atoms with Gasteiger partial charge in [0.05, 0.1) is 24.0 Å². The van der Waals surface area contributed by atoms with Crippen LogP contribution >= 0.6 is 11.6 Å². The Morgan fingerprint density at radius 3 is 2.36 bits per heavy atom. The van der Waals surface area contributed by atoms with Crippen LogP contribution < -0.4 is 4.74 Å². The molecule has 0 atom stereocenters. The molecule has 0 bridgehead atoms. The molecule has 0 aliphatic carbocycles. The molecule has 0 unspecified atom stereocenters. The number of halogens is 1. The summed E-state index contributed by atoms with van der Waals surface area (Å²) in [6, 6.07) is 0.388. The normalized spacial score (nSPS) is 11.4. The first-order valence-corrected chi connectivity index (χ1v) is 4.95. The molecule has 78 valence electrons. The molecular weight excluding hydrogens is 200 g/mol. The van der Waals surface area contributed by atoms with Crippen molar-refractivity contribution in [3.8, 4) is 6.01 Å². The van der Waals surface area contributed by atoms with E-state index >= 15 is 0 Å². The van der Waals surface area contributed by atoms with E-state index in [0.717, 1.165) is 6.42 Å². The van der Waals surface area contributed by atoms with Gasteiger partial charge >= 0.3 is 6.01 Å². The molecule has 0 aliphatic rings.